The van der Waals surface area contributed by atoms with Crippen molar-refractivity contribution in [1.82, 2.24) is 35.3 Å². The van der Waals surface area contributed by atoms with E-state index in [1.807, 2.05) is 71.3 Å². The van der Waals surface area contributed by atoms with Crippen LogP contribution in [-0.2, 0) is 23.9 Å². The van der Waals surface area contributed by atoms with Gasteiger partial charge in [-0.05, 0) is 110 Å². The number of likely N-dealkylation sites (tertiary alicyclic amines) is 1. The van der Waals surface area contributed by atoms with Gasteiger partial charge in [0.05, 0.1) is 36.0 Å². The van der Waals surface area contributed by atoms with Crippen molar-refractivity contribution in [1.29, 1.82) is 0 Å². The normalized spacial score (nSPS) is 16.6. The highest BCUT2D eigenvalue weighted by molar-refractivity contribution is 7.10. The SMILES string of the molecule is C=CC(=O)N1CCN(c2nc(NCCC(=O)N(C)CCOCCOc3ccc(-c4csc([C@@H]5CCCN5C(=O)[C@@H](NC(=O)[C@H](C)NC)C5CCCCC5)n4)c4ccccc34)cc3c(F)c(-c4cc(O)cc5ccccc45)c(Cl)cc23)CC1. The van der Waals surface area contributed by atoms with E-state index in [0.717, 1.165) is 82.8 Å². The first-order chi connectivity index (χ1) is 39.8. The number of hydrogen-bond donors (Lipinski definition) is 4. The molecule has 0 bridgehead atoms. The van der Waals surface area contributed by atoms with Gasteiger partial charge >= 0.3 is 0 Å². The predicted octanol–water partition coefficient (Wildman–Crippen LogP) is 10.4. The van der Waals surface area contributed by atoms with Gasteiger partial charge in [-0.15, -0.1) is 11.3 Å². The number of thiazole rings is 1. The highest BCUT2D eigenvalue weighted by atomic mass is 35.5. The Hall–Kier alpha value is -7.38. The van der Waals surface area contributed by atoms with Gasteiger partial charge in [0.1, 0.15) is 46.6 Å². The fraction of sp³-hybridized carbons (Fsp3) is 0.397. The lowest BCUT2D eigenvalue weighted by Gasteiger charge is -2.35. The summed E-state index contributed by atoms with van der Waals surface area (Å²) in [5, 5.41) is 27.3. The molecule has 3 atom stereocenters. The monoisotopic (exact) mass is 1150 g/mol. The number of piperazine rings is 1. The Morgan fingerprint density at radius 2 is 1.62 bits per heavy atom. The Balaban J connectivity index is 0.740. The van der Waals surface area contributed by atoms with Gasteiger partial charge < -0.3 is 50.1 Å². The molecule has 4 amide bonds. The number of carbonyl (C=O) groups is 4. The first-order valence-electron chi connectivity index (χ1n) is 28.5. The van der Waals surface area contributed by atoms with Crippen LogP contribution < -0.4 is 25.6 Å². The van der Waals surface area contributed by atoms with E-state index in [1.165, 1.54) is 12.1 Å². The number of halogens is 2. The summed E-state index contributed by atoms with van der Waals surface area (Å²) in [7, 11) is 3.48. The summed E-state index contributed by atoms with van der Waals surface area (Å²) < 4.78 is 29.4. The van der Waals surface area contributed by atoms with Crippen LogP contribution in [-0.4, -0.2) is 145 Å². The number of phenolic OH excluding ortho intramolecular Hbond substituents is 1. The molecule has 7 aromatic rings. The van der Waals surface area contributed by atoms with Crippen molar-refractivity contribution < 1.29 is 38.1 Å². The van der Waals surface area contributed by atoms with Crippen LogP contribution in [0.1, 0.15) is 69.3 Å². The molecule has 1 saturated carbocycles. The predicted molar refractivity (Wildman–Crippen MR) is 323 cm³/mol. The molecule has 5 aromatic carbocycles. The van der Waals surface area contributed by atoms with Crippen molar-refractivity contribution in [3.05, 3.63) is 119 Å². The van der Waals surface area contributed by atoms with Crippen LogP contribution in [0.3, 0.4) is 0 Å². The van der Waals surface area contributed by atoms with Gasteiger partial charge in [0.15, 0.2) is 0 Å². The van der Waals surface area contributed by atoms with E-state index in [-0.39, 0.29) is 76.9 Å². The van der Waals surface area contributed by atoms with Crippen molar-refractivity contribution >= 4 is 90.5 Å². The number of nitrogens with one attached hydrogen (secondary N) is 3. The summed E-state index contributed by atoms with van der Waals surface area (Å²) in [4.78, 5) is 70.8. The summed E-state index contributed by atoms with van der Waals surface area (Å²) >= 11 is 8.51. The maximum absolute atomic E-state index is 17.2. The Morgan fingerprint density at radius 1 is 0.866 bits per heavy atom. The van der Waals surface area contributed by atoms with E-state index >= 15 is 4.39 Å². The molecular formula is C63H71ClFN9O7S. The lowest BCUT2D eigenvalue weighted by molar-refractivity contribution is -0.139. The number of anilines is 2. The van der Waals surface area contributed by atoms with Gasteiger partial charge in [0.25, 0.3) is 0 Å². The number of pyridine rings is 1. The quantitative estimate of drug-likeness (QED) is 0.0396. The first kappa shape index (κ1) is 57.8. The van der Waals surface area contributed by atoms with E-state index in [1.54, 1.807) is 53.4 Å². The third-order valence-corrected chi connectivity index (χ3v) is 17.6. The van der Waals surface area contributed by atoms with E-state index in [4.69, 9.17) is 31.0 Å². The summed E-state index contributed by atoms with van der Waals surface area (Å²) in [5.74, 6) is 0.629. The maximum atomic E-state index is 17.2. The van der Waals surface area contributed by atoms with Crippen LogP contribution in [0, 0.1) is 11.7 Å². The van der Waals surface area contributed by atoms with E-state index in [0.29, 0.717) is 80.8 Å². The minimum atomic E-state index is -0.578. The number of fused-ring (bicyclic) bond motifs is 3. The Labute approximate surface area is 486 Å². The molecule has 3 fully saturated rings. The first-order valence-corrected chi connectivity index (χ1v) is 29.7. The van der Waals surface area contributed by atoms with Crippen molar-refractivity contribution in [3.63, 3.8) is 0 Å². The molecule has 82 heavy (non-hydrogen) atoms. The molecule has 16 nitrogen and oxygen atoms in total. The summed E-state index contributed by atoms with van der Waals surface area (Å²) in [5.41, 5.74) is 2.39. The largest absolute Gasteiger partial charge is 0.508 e. The van der Waals surface area contributed by atoms with Crippen molar-refractivity contribution in [2.45, 2.75) is 76.4 Å². The number of likely N-dealkylation sites (N-methyl/N-ethyl adjacent to an activating group) is 2. The second-order valence-electron chi connectivity index (χ2n) is 21.5. The number of carbonyl (C=O) groups excluding carboxylic acids is 4. The molecule has 19 heteroatoms. The van der Waals surface area contributed by atoms with Gasteiger partial charge in [0, 0.05) is 91.9 Å². The fourth-order valence-corrected chi connectivity index (χ4v) is 12.9. The van der Waals surface area contributed by atoms with E-state index < -0.39 is 17.9 Å². The van der Waals surface area contributed by atoms with Crippen LogP contribution in [0.4, 0.5) is 16.0 Å². The zero-order chi connectivity index (χ0) is 57.4. The van der Waals surface area contributed by atoms with E-state index in [2.05, 4.69) is 34.0 Å². The average molecular weight is 1150 g/mol. The van der Waals surface area contributed by atoms with Gasteiger partial charge in [-0.2, -0.15) is 0 Å². The smallest absolute Gasteiger partial charge is 0.246 e. The summed E-state index contributed by atoms with van der Waals surface area (Å²) in [6.07, 6.45) is 8.25. The zero-order valence-corrected chi connectivity index (χ0v) is 48.3. The molecule has 4 N–H and O–H groups in total. The standard InChI is InChI=1S/C63H71ClFN9O7S/c1-5-55(76)72-26-28-73(29-27-72)60-49-36-50(64)57(47-35-42(75)34-41-16-9-10-17-43(41)47)58(65)48(49)37-54(69-60)67-24-23-56(77)71(4)30-31-80-32-33-81-53-22-21-45(44-18-11-12-19-46(44)53)51-38-82-62(68-51)52-20-13-25-74(52)63(79)59(40-14-7-6-8-15-40)70-61(78)39(2)66-3/h5,9-12,16-19,21-22,34-40,52,59,66,75H,1,6-8,13-15,20,23-33H2,2-4H3,(H,67,69)(H,70,78)/t39-,52-,59-/m0/s1. The van der Waals surface area contributed by atoms with Crippen molar-refractivity contribution in [2.75, 3.05) is 89.9 Å². The average Bonchev–Trinajstić information content (AvgIpc) is 2.35. The third-order valence-electron chi connectivity index (χ3n) is 16.3. The fourth-order valence-electron chi connectivity index (χ4n) is 11.7. The number of phenols is 1. The molecule has 2 aromatic heterocycles. The second kappa shape index (κ2) is 26.2. The molecule has 0 spiro atoms. The van der Waals surface area contributed by atoms with Crippen LogP contribution in [0.15, 0.2) is 103 Å². The number of hydrogen-bond acceptors (Lipinski definition) is 13. The van der Waals surface area contributed by atoms with Gasteiger partial charge in [0.2, 0.25) is 23.6 Å². The maximum Gasteiger partial charge on any atom is 0.246 e. The molecular weight excluding hydrogens is 1080 g/mol. The number of benzene rings is 5. The minimum Gasteiger partial charge on any atom is -0.508 e. The Kier molecular flexibility index (Phi) is 18.5. The number of amides is 4. The van der Waals surface area contributed by atoms with Crippen LogP contribution in [0.2, 0.25) is 5.02 Å². The third kappa shape index (κ3) is 12.6. The van der Waals surface area contributed by atoms with Crippen molar-refractivity contribution in [3.8, 4) is 33.9 Å². The Morgan fingerprint density at radius 3 is 2.39 bits per heavy atom. The number of ether oxygens (including phenoxy) is 2. The van der Waals surface area contributed by atoms with Crippen LogP contribution in [0.25, 0.3) is 54.7 Å². The molecule has 0 radical (unpaired) electrons. The van der Waals surface area contributed by atoms with Crippen LogP contribution >= 0.6 is 22.9 Å². The lowest BCUT2D eigenvalue weighted by Crippen LogP contribution is -2.55. The van der Waals surface area contributed by atoms with E-state index in [9.17, 15) is 24.3 Å². The molecule has 4 heterocycles. The van der Waals surface area contributed by atoms with Gasteiger partial charge in [-0.3, -0.25) is 19.2 Å². The molecule has 0 unspecified atom stereocenters. The number of nitrogens with zero attached hydrogens (tertiary/aromatic N) is 6. The summed E-state index contributed by atoms with van der Waals surface area (Å²) in [6.45, 7) is 9.24. The minimum absolute atomic E-state index is 0.00822. The molecule has 3 aliphatic rings. The van der Waals surface area contributed by atoms with Gasteiger partial charge in [-0.1, -0.05) is 86.0 Å². The molecule has 2 saturated heterocycles. The topological polar surface area (TPSA) is 182 Å². The number of rotatable bonds is 21. The zero-order valence-electron chi connectivity index (χ0n) is 46.7. The molecule has 2 aliphatic heterocycles. The molecule has 10 rings (SSSR count). The number of aromatic nitrogens is 2. The second-order valence-corrected chi connectivity index (χ2v) is 22.8. The lowest BCUT2D eigenvalue weighted by atomic mass is 9.83. The van der Waals surface area contributed by atoms with Crippen molar-refractivity contribution in [2.24, 2.45) is 5.92 Å². The van der Waals surface area contributed by atoms with Crippen LogP contribution in [0.5, 0.6) is 11.5 Å². The Bertz CT molecular complexity index is 3490. The molecule has 1 aliphatic carbocycles. The number of aromatic hydroxyl groups is 1. The highest BCUT2D eigenvalue weighted by Crippen LogP contribution is 2.44. The highest BCUT2D eigenvalue weighted by Gasteiger charge is 2.40. The van der Waals surface area contributed by atoms with Gasteiger partial charge in [-0.25, -0.2) is 14.4 Å². The summed E-state index contributed by atoms with van der Waals surface area (Å²) in [6, 6.07) is 24.8. The molecule has 430 valence electrons.